The van der Waals surface area contributed by atoms with Gasteiger partial charge in [0.25, 0.3) is 0 Å². The van der Waals surface area contributed by atoms with Crippen molar-refractivity contribution in [3.8, 4) is 0 Å². The maximum Gasteiger partial charge on any atom is 0.123 e. The van der Waals surface area contributed by atoms with Crippen LogP contribution in [0.25, 0.3) is 0 Å². The summed E-state index contributed by atoms with van der Waals surface area (Å²) in [6.45, 7) is 6.72. The molecule has 2 rings (SSSR count). The Hall–Kier alpha value is -1.05. The van der Waals surface area contributed by atoms with Crippen molar-refractivity contribution >= 4 is 5.69 Å². The molecule has 0 radical (unpaired) electrons. The molecule has 1 aliphatic carbocycles. The van der Waals surface area contributed by atoms with E-state index in [-0.39, 0.29) is 11.4 Å². The van der Waals surface area contributed by atoms with Crippen LogP contribution in [0.1, 0.15) is 52.9 Å². The lowest BCUT2D eigenvalue weighted by Crippen LogP contribution is -2.49. The van der Waals surface area contributed by atoms with Gasteiger partial charge < -0.3 is 4.90 Å². The molecular weight excluding hydrogens is 225 g/mol. The van der Waals surface area contributed by atoms with Crippen molar-refractivity contribution < 1.29 is 4.39 Å². The van der Waals surface area contributed by atoms with E-state index in [2.05, 4.69) is 25.7 Å². The summed E-state index contributed by atoms with van der Waals surface area (Å²) >= 11 is 0. The topological polar surface area (TPSA) is 3.24 Å². The lowest BCUT2D eigenvalue weighted by atomic mass is 9.90. The molecule has 0 heterocycles. The molecule has 1 nitrogen and oxygen atoms in total. The second-order valence-corrected chi connectivity index (χ2v) is 6.31. The fraction of sp³-hybridized carbons (Fsp3) is 0.625. The molecule has 0 atom stereocenters. The Morgan fingerprint density at radius 1 is 1.00 bits per heavy atom. The third-order valence-electron chi connectivity index (χ3n) is 3.77. The van der Waals surface area contributed by atoms with Crippen molar-refractivity contribution in [1.29, 1.82) is 0 Å². The van der Waals surface area contributed by atoms with Gasteiger partial charge in [0.15, 0.2) is 0 Å². The maximum absolute atomic E-state index is 13.1. The second kappa shape index (κ2) is 5.29. The molecule has 0 spiro atoms. The van der Waals surface area contributed by atoms with Gasteiger partial charge in [-0.05, 0) is 57.9 Å². The van der Waals surface area contributed by atoms with E-state index in [4.69, 9.17) is 0 Å². The lowest BCUT2D eigenvalue weighted by Gasteiger charge is -2.45. The molecule has 1 aromatic rings. The van der Waals surface area contributed by atoms with Gasteiger partial charge in [0.1, 0.15) is 5.82 Å². The van der Waals surface area contributed by atoms with Crippen LogP contribution in [0, 0.1) is 5.82 Å². The van der Waals surface area contributed by atoms with Gasteiger partial charge in [0.2, 0.25) is 0 Å². The predicted molar refractivity (Wildman–Crippen MR) is 75.5 cm³/mol. The number of hydrogen-bond donors (Lipinski definition) is 0. The van der Waals surface area contributed by atoms with Gasteiger partial charge >= 0.3 is 0 Å². The molecule has 1 aromatic carbocycles. The summed E-state index contributed by atoms with van der Waals surface area (Å²) in [7, 11) is 0. The highest BCUT2D eigenvalue weighted by atomic mass is 19.1. The van der Waals surface area contributed by atoms with Gasteiger partial charge in [-0.2, -0.15) is 0 Å². The first-order valence-corrected chi connectivity index (χ1v) is 7.03. The van der Waals surface area contributed by atoms with Crippen molar-refractivity contribution in [2.24, 2.45) is 0 Å². The zero-order valence-electron chi connectivity index (χ0n) is 11.7. The van der Waals surface area contributed by atoms with Crippen LogP contribution in [0.15, 0.2) is 24.3 Å². The monoisotopic (exact) mass is 249 g/mol. The zero-order valence-corrected chi connectivity index (χ0v) is 11.7. The number of nitrogens with zero attached hydrogens (tertiary/aromatic N) is 1. The Balaban J connectivity index is 2.27. The summed E-state index contributed by atoms with van der Waals surface area (Å²) in [4.78, 5) is 2.48. The predicted octanol–water partition coefficient (Wildman–Crippen LogP) is 4.76. The third-order valence-corrected chi connectivity index (χ3v) is 3.77. The minimum Gasteiger partial charge on any atom is -0.364 e. The van der Waals surface area contributed by atoms with E-state index >= 15 is 0 Å². The maximum atomic E-state index is 13.1. The first-order chi connectivity index (χ1) is 8.48. The van der Waals surface area contributed by atoms with E-state index in [0.717, 1.165) is 5.69 Å². The van der Waals surface area contributed by atoms with Crippen molar-refractivity contribution in [2.75, 3.05) is 4.90 Å². The van der Waals surface area contributed by atoms with Gasteiger partial charge in [-0.25, -0.2) is 4.39 Å². The Kier molecular flexibility index (Phi) is 3.94. The third kappa shape index (κ3) is 3.04. The van der Waals surface area contributed by atoms with Crippen LogP contribution >= 0.6 is 0 Å². The fourth-order valence-electron chi connectivity index (χ4n) is 3.09. The van der Waals surface area contributed by atoms with Crippen molar-refractivity contribution in [3.63, 3.8) is 0 Å². The molecule has 0 aromatic heterocycles. The molecule has 0 bridgehead atoms. The molecule has 1 aliphatic rings. The first kappa shape index (κ1) is 13.4. The average molecular weight is 249 g/mol. The number of rotatable bonds is 2. The molecule has 2 heteroatoms. The molecular formula is C16H24FN. The molecule has 0 N–H and O–H groups in total. The van der Waals surface area contributed by atoms with Crippen molar-refractivity contribution in [3.05, 3.63) is 30.1 Å². The average Bonchev–Trinajstić information content (AvgIpc) is 2.32. The largest absolute Gasteiger partial charge is 0.364 e. The van der Waals surface area contributed by atoms with Crippen LogP contribution in [0.5, 0.6) is 0 Å². The van der Waals surface area contributed by atoms with Gasteiger partial charge in [0.05, 0.1) is 0 Å². The van der Waals surface area contributed by atoms with Gasteiger partial charge in [0, 0.05) is 17.3 Å². The van der Waals surface area contributed by atoms with Crippen molar-refractivity contribution in [1.82, 2.24) is 0 Å². The van der Waals surface area contributed by atoms with Crippen LogP contribution in [0.4, 0.5) is 10.1 Å². The fourth-order valence-corrected chi connectivity index (χ4v) is 3.09. The zero-order chi connectivity index (χ0) is 13.2. The Morgan fingerprint density at radius 2 is 1.56 bits per heavy atom. The minimum absolute atomic E-state index is 0.0832. The van der Waals surface area contributed by atoms with Crippen LogP contribution in [0.2, 0.25) is 0 Å². The van der Waals surface area contributed by atoms with E-state index in [1.807, 2.05) is 12.1 Å². The molecule has 1 saturated carbocycles. The van der Waals surface area contributed by atoms with Crippen LogP contribution in [0.3, 0.4) is 0 Å². The summed E-state index contributed by atoms with van der Waals surface area (Å²) in [5, 5.41) is 0. The van der Waals surface area contributed by atoms with E-state index in [9.17, 15) is 4.39 Å². The van der Waals surface area contributed by atoms with Crippen molar-refractivity contribution in [2.45, 2.75) is 64.5 Å². The number of hydrogen-bond acceptors (Lipinski definition) is 1. The second-order valence-electron chi connectivity index (χ2n) is 6.31. The summed E-state index contributed by atoms with van der Waals surface area (Å²) < 4.78 is 13.1. The van der Waals surface area contributed by atoms with E-state index in [1.54, 1.807) is 12.1 Å². The summed E-state index contributed by atoms with van der Waals surface area (Å²) in [5.74, 6) is -0.156. The van der Waals surface area contributed by atoms with E-state index < -0.39 is 0 Å². The standard InChI is InChI=1S/C16H24FN/c1-16(2,3)18(14-7-5-4-6-8-14)15-11-9-13(17)10-12-15/h9-12,14H,4-8H2,1-3H3. The Bertz CT molecular complexity index is 371. The lowest BCUT2D eigenvalue weighted by molar-refractivity contribution is 0.354. The first-order valence-electron chi connectivity index (χ1n) is 7.03. The number of anilines is 1. The normalized spacial score (nSPS) is 17.8. The molecule has 100 valence electrons. The highest BCUT2D eigenvalue weighted by molar-refractivity contribution is 5.49. The van der Waals surface area contributed by atoms with Crippen LogP contribution in [-0.4, -0.2) is 11.6 Å². The molecule has 1 fully saturated rings. The molecule has 0 unspecified atom stereocenters. The Labute approximate surface area is 110 Å². The molecule has 18 heavy (non-hydrogen) atoms. The molecule has 0 amide bonds. The summed E-state index contributed by atoms with van der Waals surface area (Å²) in [5.41, 5.74) is 1.23. The summed E-state index contributed by atoms with van der Waals surface area (Å²) in [6, 6.07) is 7.56. The number of halogens is 1. The van der Waals surface area contributed by atoms with E-state index in [0.29, 0.717) is 6.04 Å². The van der Waals surface area contributed by atoms with Gasteiger partial charge in [-0.15, -0.1) is 0 Å². The van der Waals surface area contributed by atoms with Gasteiger partial charge in [-0.3, -0.25) is 0 Å². The highest BCUT2D eigenvalue weighted by Crippen LogP contribution is 2.33. The quantitative estimate of drug-likeness (QED) is 0.730. The van der Waals surface area contributed by atoms with Gasteiger partial charge in [-0.1, -0.05) is 19.3 Å². The SMILES string of the molecule is CC(C)(C)N(c1ccc(F)cc1)C1CCCCC1. The molecule has 0 saturated heterocycles. The highest BCUT2D eigenvalue weighted by Gasteiger charge is 2.29. The van der Waals surface area contributed by atoms with E-state index in [1.165, 1.54) is 32.1 Å². The van der Waals surface area contributed by atoms with Crippen LogP contribution in [-0.2, 0) is 0 Å². The molecule has 0 aliphatic heterocycles. The smallest absolute Gasteiger partial charge is 0.123 e. The Morgan fingerprint density at radius 3 is 2.06 bits per heavy atom. The number of benzene rings is 1. The summed E-state index contributed by atoms with van der Waals surface area (Å²) in [6.07, 6.45) is 6.51. The van der Waals surface area contributed by atoms with Crippen LogP contribution < -0.4 is 4.90 Å². The minimum atomic E-state index is -0.156.